The maximum Gasteiger partial charge on any atom is 0.128 e. The second-order valence-corrected chi connectivity index (χ2v) is 7.47. The van der Waals surface area contributed by atoms with Gasteiger partial charge in [-0.1, -0.05) is 0 Å². The van der Waals surface area contributed by atoms with Crippen molar-refractivity contribution >= 4 is 11.6 Å². The first kappa shape index (κ1) is 18.4. The summed E-state index contributed by atoms with van der Waals surface area (Å²) in [4.78, 5) is 2.33. The Bertz CT molecular complexity index is 327. The highest BCUT2D eigenvalue weighted by atomic mass is 35.5. The lowest BCUT2D eigenvalue weighted by Crippen LogP contribution is -2.43. The number of ether oxygens (including phenoxy) is 3. The van der Waals surface area contributed by atoms with Gasteiger partial charge in [0.1, 0.15) is 6.17 Å². The summed E-state index contributed by atoms with van der Waals surface area (Å²) >= 11 is 5.99. The fraction of sp³-hybridized carbons (Fsp3) is 1.00. The summed E-state index contributed by atoms with van der Waals surface area (Å²) < 4.78 is 31.0. The lowest BCUT2D eigenvalue weighted by Gasteiger charge is -2.36. The average Bonchev–Trinajstić information content (AvgIpc) is 2.48. The van der Waals surface area contributed by atoms with E-state index in [1.807, 2.05) is 13.8 Å². The highest BCUT2D eigenvalue weighted by Gasteiger charge is 2.34. The van der Waals surface area contributed by atoms with Gasteiger partial charge in [-0.25, -0.2) is 4.39 Å². The third kappa shape index (κ3) is 6.28. The Balaban J connectivity index is 1.62. The molecular formula is C16H29ClFNO3. The summed E-state index contributed by atoms with van der Waals surface area (Å²) in [6, 6.07) is 0. The Hall–Kier alpha value is 0.0600. The molecule has 1 aliphatic heterocycles. The van der Waals surface area contributed by atoms with E-state index in [0.717, 1.165) is 39.3 Å². The van der Waals surface area contributed by atoms with E-state index < -0.39 is 11.8 Å². The van der Waals surface area contributed by atoms with E-state index >= 15 is 0 Å². The van der Waals surface area contributed by atoms with Crippen LogP contribution in [0.1, 0.15) is 33.1 Å². The van der Waals surface area contributed by atoms with Crippen molar-refractivity contribution in [3.63, 3.8) is 0 Å². The molecule has 3 atom stereocenters. The van der Waals surface area contributed by atoms with Gasteiger partial charge in [0, 0.05) is 25.0 Å². The van der Waals surface area contributed by atoms with E-state index in [4.69, 9.17) is 25.8 Å². The number of morpholine rings is 1. The number of alkyl halides is 2. The van der Waals surface area contributed by atoms with Crippen LogP contribution in [0, 0.1) is 0 Å². The molecule has 0 radical (unpaired) electrons. The molecular weight excluding hydrogens is 309 g/mol. The van der Waals surface area contributed by atoms with Crippen molar-refractivity contribution in [2.24, 2.45) is 0 Å². The van der Waals surface area contributed by atoms with Crippen LogP contribution >= 0.6 is 11.6 Å². The van der Waals surface area contributed by atoms with Gasteiger partial charge in [0.25, 0.3) is 0 Å². The molecule has 4 nitrogen and oxygen atoms in total. The highest BCUT2D eigenvalue weighted by molar-refractivity contribution is 6.20. The Labute approximate surface area is 138 Å². The van der Waals surface area contributed by atoms with Crippen LogP contribution in [0.25, 0.3) is 0 Å². The molecule has 1 heterocycles. The van der Waals surface area contributed by atoms with Gasteiger partial charge in [-0.2, -0.15) is 0 Å². The standard InChI is InChI=1S/C16H29ClFNO3/c1-16(2,22-15-4-3-13(17)11-14(15)18)12-21-10-7-19-5-8-20-9-6-19/h13-15H,3-12H2,1-2H3. The van der Waals surface area contributed by atoms with Crippen molar-refractivity contribution in [1.82, 2.24) is 4.90 Å². The molecule has 3 unspecified atom stereocenters. The maximum atomic E-state index is 14.0. The smallest absolute Gasteiger partial charge is 0.128 e. The molecule has 6 heteroatoms. The predicted octanol–water partition coefficient (Wildman–Crippen LogP) is 2.63. The minimum Gasteiger partial charge on any atom is -0.379 e. The van der Waals surface area contributed by atoms with Crippen LogP contribution in [0.2, 0.25) is 0 Å². The fourth-order valence-electron chi connectivity index (χ4n) is 2.95. The van der Waals surface area contributed by atoms with E-state index in [9.17, 15) is 4.39 Å². The van der Waals surface area contributed by atoms with Gasteiger partial charge in [0.05, 0.1) is 38.1 Å². The first-order valence-corrected chi connectivity index (χ1v) is 8.74. The first-order chi connectivity index (χ1) is 10.5. The monoisotopic (exact) mass is 337 g/mol. The van der Waals surface area contributed by atoms with Gasteiger partial charge in [-0.05, 0) is 33.1 Å². The van der Waals surface area contributed by atoms with Crippen LogP contribution in [0.5, 0.6) is 0 Å². The van der Waals surface area contributed by atoms with E-state index in [-0.39, 0.29) is 11.5 Å². The topological polar surface area (TPSA) is 30.9 Å². The molecule has 0 aromatic rings. The van der Waals surface area contributed by atoms with Crippen LogP contribution in [-0.2, 0) is 14.2 Å². The van der Waals surface area contributed by atoms with E-state index in [1.165, 1.54) is 0 Å². The third-order valence-corrected chi connectivity index (χ3v) is 4.62. The number of rotatable bonds is 7. The lowest BCUT2D eigenvalue weighted by atomic mass is 9.94. The van der Waals surface area contributed by atoms with Crippen LogP contribution in [0.3, 0.4) is 0 Å². The van der Waals surface area contributed by atoms with Crippen molar-refractivity contribution in [2.45, 2.75) is 56.4 Å². The molecule has 0 amide bonds. The summed E-state index contributed by atoms with van der Waals surface area (Å²) in [5.41, 5.74) is -0.473. The second-order valence-electron chi connectivity index (χ2n) is 6.85. The molecule has 0 spiro atoms. The van der Waals surface area contributed by atoms with Gasteiger partial charge < -0.3 is 14.2 Å². The van der Waals surface area contributed by atoms with E-state index in [1.54, 1.807) is 0 Å². The highest BCUT2D eigenvalue weighted by Crippen LogP contribution is 2.30. The van der Waals surface area contributed by atoms with Crippen LogP contribution in [0.4, 0.5) is 4.39 Å². The third-order valence-electron chi connectivity index (χ3n) is 4.22. The van der Waals surface area contributed by atoms with Crippen molar-refractivity contribution in [3.8, 4) is 0 Å². The van der Waals surface area contributed by atoms with Crippen molar-refractivity contribution in [2.75, 3.05) is 46.1 Å². The van der Waals surface area contributed by atoms with E-state index in [0.29, 0.717) is 26.1 Å². The Morgan fingerprint density at radius 2 is 2.00 bits per heavy atom. The second kappa shape index (κ2) is 8.78. The molecule has 0 N–H and O–H groups in total. The van der Waals surface area contributed by atoms with Gasteiger partial charge in [-0.3, -0.25) is 4.90 Å². The quantitative estimate of drug-likeness (QED) is 0.528. The van der Waals surface area contributed by atoms with Crippen molar-refractivity contribution in [1.29, 1.82) is 0 Å². The van der Waals surface area contributed by atoms with Gasteiger partial charge in [0.15, 0.2) is 0 Å². The van der Waals surface area contributed by atoms with Crippen LogP contribution in [0.15, 0.2) is 0 Å². The summed E-state index contributed by atoms with van der Waals surface area (Å²) in [5, 5.41) is -0.0530. The predicted molar refractivity (Wildman–Crippen MR) is 85.4 cm³/mol. The fourth-order valence-corrected chi connectivity index (χ4v) is 3.25. The average molecular weight is 338 g/mol. The van der Waals surface area contributed by atoms with Gasteiger partial charge in [-0.15, -0.1) is 11.6 Å². The number of nitrogens with zero attached hydrogens (tertiary/aromatic N) is 1. The van der Waals surface area contributed by atoms with Gasteiger partial charge in [0.2, 0.25) is 0 Å². The minimum absolute atomic E-state index is 0.0530. The number of hydrogen-bond acceptors (Lipinski definition) is 4. The summed E-state index contributed by atoms with van der Waals surface area (Å²) in [7, 11) is 0. The SMILES string of the molecule is CC(C)(COCCN1CCOCC1)OC1CCC(Cl)CC1F. The Kier molecular flexibility index (Phi) is 7.35. The Morgan fingerprint density at radius 3 is 2.68 bits per heavy atom. The molecule has 2 fully saturated rings. The van der Waals surface area contributed by atoms with Crippen LogP contribution < -0.4 is 0 Å². The summed E-state index contributed by atoms with van der Waals surface area (Å²) in [5.74, 6) is 0. The number of halogens is 2. The van der Waals surface area contributed by atoms with Crippen LogP contribution in [-0.4, -0.2) is 74.2 Å². The molecule has 0 aromatic heterocycles. The molecule has 1 saturated heterocycles. The lowest BCUT2D eigenvalue weighted by molar-refractivity contribution is -0.142. The van der Waals surface area contributed by atoms with Gasteiger partial charge >= 0.3 is 0 Å². The summed E-state index contributed by atoms with van der Waals surface area (Å²) in [6.07, 6.45) is 0.574. The minimum atomic E-state index is -0.969. The number of hydrogen-bond donors (Lipinski definition) is 0. The molecule has 2 aliphatic rings. The largest absolute Gasteiger partial charge is 0.379 e. The molecule has 0 aromatic carbocycles. The molecule has 2 rings (SSSR count). The first-order valence-electron chi connectivity index (χ1n) is 8.30. The van der Waals surface area contributed by atoms with Crippen molar-refractivity contribution < 1.29 is 18.6 Å². The van der Waals surface area contributed by atoms with E-state index in [2.05, 4.69) is 4.90 Å². The maximum absolute atomic E-state index is 14.0. The molecule has 130 valence electrons. The normalized spacial score (nSPS) is 31.4. The Morgan fingerprint density at radius 1 is 1.27 bits per heavy atom. The zero-order valence-electron chi connectivity index (χ0n) is 13.7. The molecule has 22 heavy (non-hydrogen) atoms. The molecule has 1 aliphatic carbocycles. The summed E-state index contributed by atoms with van der Waals surface area (Å²) in [6.45, 7) is 9.50. The van der Waals surface area contributed by atoms with Crippen molar-refractivity contribution in [3.05, 3.63) is 0 Å². The molecule has 1 saturated carbocycles. The molecule has 0 bridgehead atoms. The zero-order chi connectivity index (χ0) is 16.0. The zero-order valence-corrected chi connectivity index (χ0v) is 14.5.